The van der Waals surface area contributed by atoms with Gasteiger partial charge >= 0.3 is 5.97 Å². The summed E-state index contributed by atoms with van der Waals surface area (Å²) < 4.78 is 5.85. The number of rotatable bonds is 3. The Morgan fingerprint density at radius 2 is 2.00 bits per heavy atom. The Bertz CT molecular complexity index is 875. The van der Waals surface area contributed by atoms with Gasteiger partial charge in [-0.15, -0.1) is 0 Å². The highest BCUT2D eigenvalue weighted by molar-refractivity contribution is 5.76. The van der Waals surface area contributed by atoms with Crippen LogP contribution in [0.3, 0.4) is 0 Å². The van der Waals surface area contributed by atoms with E-state index < -0.39 is 6.10 Å². The normalized spacial score (nSPS) is 38.3. The number of hydrogen-bond donors (Lipinski definition) is 1. The van der Waals surface area contributed by atoms with Gasteiger partial charge in [0.1, 0.15) is 6.10 Å². The number of aliphatic hydroxyl groups is 1. The van der Waals surface area contributed by atoms with Crippen molar-refractivity contribution in [3.63, 3.8) is 0 Å². The van der Waals surface area contributed by atoms with E-state index in [0.29, 0.717) is 12.5 Å². The summed E-state index contributed by atoms with van der Waals surface area (Å²) in [6.07, 6.45) is 4.59. The summed E-state index contributed by atoms with van der Waals surface area (Å²) in [6.45, 7) is 11.1. The van der Waals surface area contributed by atoms with E-state index in [9.17, 15) is 9.90 Å². The second kappa shape index (κ2) is 7.93. The lowest BCUT2D eigenvalue weighted by Gasteiger charge is -2.52. The molecular formula is C26H36N2O3. The van der Waals surface area contributed by atoms with E-state index in [1.54, 1.807) is 0 Å². The molecule has 3 fully saturated rings. The van der Waals surface area contributed by atoms with Crippen LogP contribution in [0.5, 0.6) is 0 Å². The van der Waals surface area contributed by atoms with Gasteiger partial charge in [-0.2, -0.15) is 0 Å². The molecule has 5 nitrogen and oxygen atoms in total. The highest BCUT2D eigenvalue weighted by Gasteiger charge is 2.59. The number of esters is 1. The number of hydrogen-bond acceptors (Lipinski definition) is 5. The number of allylic oxidation sites excluding steroid dienone is 1. The predicted molar refractivity (Wildman–Crippen MR) is 122 cm³/mol. The molecule has 1 aromatic rings. The van der Waals surface area contributed by atoms with E-state index >= 15 is 0 Å². The fraction of sp³-hybridized carbons (Fsp3) is 0.654. The summed E-state index contributed by atoms with van der Waals surface area (Å²) in [4.78, 5) is 17.7. The molecule has 2 aliphatic heterocycles. The van der Waals surface area contributed by atoms with Crippen LogP contribution in [0.2, 0.25) is 0 Å². The third-order valence-electron chi connectivity index (χ3n) is 8.76. The third-order valence-corrected chi connectivity index (χ3v) is 8.76. The SMILES string of the molecule is Cc1cccc(N2CCN(CC3C(=O)OC4CC5=CCCC(C)C5(C)C(O)C43)CC2)c1. The number of aliphatic hydroxyl groups excluding tert-OH is 1. The van der Waals surface area contributed by atoms with Crippen molar-refractivity contribution in [2.75, 3.05) is 37.6 Å². The van der Waals surface area contributed by atoms with Crippen LogP contribution in [-0.4, -0.2) is 60.9 Å². The molecule has 2 heterocycles. The zero-order valence-electron chi connectivity index (χ0n) is 19.1. The Morgan fingerprint density at radius 1 is 1.23 bits per heavy atom. The van der Waals surface area contributed by atoms with Crippen LogP contribution >= 0.6 is 0 Å². The maximum atomic E-state index is 12.9. The number of carbonyl (C=O) groups is 1. The minimum atomic E-state index is -0.516. The molecule has 0 radical (unpaired) electrons. The second-order valence-electron chi connectivity index (χ2n) is 10.4. The number of anilines is 1. The van der Waals surface area contributed by atoms with Gasteiger partial charge in [-0.3, -0.25) is 9.69 Å². The number of piperazine rings is 1. The van der Waals surface area contributed by atoms with Crippen molar-refractivity contribution in [1.29, 1.82) is 0 Å². The number of nitrogens with zero attached hydrogens (tertiary/aromatic N) is 2. The van der Waals surface area contributed by atoms with Gasteiger partial charge in [0.15, 0.2) is 0 Å². The van der Waals surface area contributed by atoms with Gasteiger partial charge < -0.3 is 14.7 Å². The molecule has 0 spiro atoms. The summed E-state index contributed by atoms with van der Waals surface area (Å²) in [5.74, 6) is 0.00589. The van der Waals surface area contributed by atoms with Gasteiger partial charge in [0.2, 0.25) is 0 Å². The van der Waals surface area contributed by atoms with Gasteiger partial charge in [-0.1, -0.05) is 37.6 Å². The molecule has 2 saturated heterocycles. The number of benzene rings is 1. The van der Waals surface area contributed by atoms with E-state index in [4.69, 9.17) is 4.74 Å². The lowest BCUT2D eigenvalue weighted by Crippen LogP contribution is -2.55. The van der Waals surface area contributed by atoms with Gasteiger partial charge in [0.25, 0.3) is 0 Å². The van der Waals surface area contributed by atoms with E-state index in [1.165, 1.54) is 16.8 Å². The number of fused-ring (bicyclic) bond motifs is 2. The lowest BCUT2D eigenvalue weighted by molar-refractivity contribution is -0.145. The molecule has 4 aliphatic rings. The number of ether oxygens (including phenoxy) is 1. The lowest BCUT2D eigenvalue weighted by atomic mass is 9.55. The molecule has 0 bridgehead atoms. The molecule has 31 heavy (non-hydrogen) atoms. The van der Waals surface area contributed by atoms with Crippen LogP contribution < -0.4 is 4.90 Å². The van der Waals surface area contributed by atoms with Crippen LogP contribution in [0.4, 0.5) is 5.69 Å². The van der Waals surface area contributed by atoms with E-state index in [0.717, 1.165) is 45.4 Å². The number of aryl methyl sites for hydroxylation is 1. The largest absolute Gasteiger partial charge is 0.461 e. The second-order valence-corrected chi connectivity index (χ2v) is 10.4. The van der Waals surface area contributed by atoms with Crippen molar-refractivity contribution < 1.29 is 14.6 Å². The highest BCUT2D eigenvalue weighted by Crippen LogP contribution is 2.56. The fourth-order valence-corrected chi connectivity index (χ4v) is 6.57. The maximum absolute atomic E-state index is 12.9. The smallest absolute Gasteiger partial charge is 0.311 e. The zero-order valence-corrected chi connectivity index (χ0v) is 19.1. The molecule has 0 aromatic heterocycles. The molecule has 5 rings (SSSR count). The topological polar surface area (TPSA) is 53.0 Å². The average molecular weight is 425 g/mol. The summed E-state index contributed by atoms with van der Waals surface area (Å²) >= 11 is 0. The first-order valence-electron chi connectivity index (χ1n) is 12.0. The van der Waals surface area contributed by atoms with Crippen molar-refractivity contribution in [2.24, 2.45) is 23.2 Å². The van der Waals surface area contributed by atoms with E-state index in [2.05, 4.69) is 60.9 Å². The molecule has 168 valence electrons. The Labute approximate surface area is 186 Å². The Kier molecular flexibility index (Phi) is 5.38. The summed E-state index contributed by atoms with van der Waals surface area (Å²) in [7, 11) is 0. The minimum Gasteiger partial charge on any atom is -0.461 e. The summed E-state index contributed by atoms with van der Waals surface area (Å²) in [5, 5.41) is 11.5. The molecular weight excluding hydrogens is 388 g/mol. The maximum Gasteiger partial charge on any atom is 0.311 e. The minimum absolute atomic E-state index is 0.0926. The van der Waals surface area contributed by atoms with Crippen LogP contribution in [0.1, 0.15) is 38.7 Å². The van der Waals surface area contributed by atoms with Crippen LogP contribution in [0.25, 0.3) is 0 Å². The monoisotopic (exact) mass is 424 g/mol. The molecule has 1 N–H and O–H groups in total. The Morgan fingerprint density at radius 3 is 2.74 bits per heavy atom. The number of carbonyl (C=O) groups excluding carboxylic acids is 1. The Hall–Kier alpha value is -1.85. The van der Waals surface area contributed by atoms with Crippen LogP contribution in [0.15, 0.2) is 35.9 Å². The predicted octanol–water partition coefficient (Wildman–Crippen LogP) is 3.40. The average Bonchev–Trinajstić information content (AvgIpc) is 3.06. The molecule has 6 unspecified atom stereocenters. The van der Waals surface area contributed by atoms with Crippen molar-refractivity contribution in [3.8, 4) is 0 Å². The Balaban J connectivity index is 1.28. The van der Waals surface area contributed by atoms with Crippen LogP contribution in [0, 0.1) is 30.1 Å². The van der Waals surface area contributed by atoms with Crippen LogP contribution in [-0.2, 0) is 9.53 Å². The van der Waals surface area contributed by atoms with Crippen molar-refractivity contribution in [3.05, 3.63) is 41.5 Å². The van der Waals surface area contributed by atoms with Crippen molar-refractivity contribution >= 4 is 11.7 Å². The molecule has 2 aliphatic carbocycles. The zero-order chi connectivity index (χ0) is 21.8. The summed E-state index contributed by atoms with van der Waals surface area (Å²) in [5.41, 5.74) is 3.64. The first kappa shape index (κ1) is 21.0. The van der Waals surface area contributed by atoms with E-state index in [1.807, 2.05) is 0 Å². The molecule has 0 amide bonds. The van der Waals surface area contributed by atoms with Crippen molar-refractivity contribution in [2.45, 2.75) is 52.2 Å². The van der Waals surface area contributed by atoms with Crippen molar-refractivity contribution in [1.82, 2.24) is 4.90 Å². The quantitative estimate of drug-likeness (QED) is 0.595. The molecule has 5 heteroatoms. The molecule has 6 atom stereocenters. The summed E-state index contributed by atoms with van der Waals surface area (Å²) in [6, 6.07) is 8.67. The van der Waals surface area contributed by atoms with Gasteiger partial charge in [-0.05, 0) is 43.4 Å². The molecule has 1 saturated carbocycles. The highest BCUT2D eigenvalue weighted by atomic mass is 16.6. The first-order valence-corrected chi connectivity index (χ1v) is 12.0. The first-order chi connectivity index (χ1) is 14.9. The fourth-order valence-electron chi connectivity index (χ4n) is 6.57. The van der Waals surface area contributed by atoms with Gasteiger partial charge in [-0.25, -0.2) is 0 Å². The standard InChI is InChI=1S/C26H36N2O3/c1-17-6-4-9-20(14-17)28-12-10-27(11-13-28)16-21-23-22(31-25(21)30)15-19-8-5-7-18(2)26(19,3)24(23)29/h4,6,8-9,14,18,21-24,29H,5,7,10-13,15-16H2,1-3H3. The third kappa shape index (κ3) is 3.50. The van der Waals surface area contributed by atoms with Gasteiger partial charge in [0.05, 0.1) is 12.0 Å². The molecule has 1 aromatic carbocycles. The van der Waals surface area contributed by atoms with Gasteiger partial charge in [0, 0.05) is 56.2 Å². The van der Waals surface area contributed by atoms with E-state index in [-0.39, 0.29) is 29.3 Å².